The molecule has 2 aliphatic rings. The highest BCUT2D eigenvalue weighted by atomic mass is 35.5. The molecule has 2 aromatic rings. The molecule has 1 aliphatic carbocycles. The summed E-state index contributed by atoms with van der Waals surface area (Å²) in [6.45, 7) is 1.96. The van der Waals surface area contributed by atoms with Crippen molar-refractivity contribution in [2.45, 2.75) is 55.7 Å². The summed E-state index contributed by atoms with van der Waals surface area (Å²) >= 11 is 8.17. The van der Waals surface area contributed by atoms with Crippen LogP contribution in [-0.4, -0.2) is 49.8 Å². The lowest BCUT2D eigenvalue weighted by atomic mass is 10.0. The minimum absolute atomic E-state index is 0.0850. The summed E-state index contributed by atoms with van der Waals surface area (Å²) in [4.78, 5) is 39.0. The number of thiophene rings is 2. The number of alkyl carbamates (subject to hydrolysis) is 1. The number of hydrogen-bond acceptors (Lipinski definition) is 8. The number of anilines is 1. The topological polar surface area (TPSA) is 122 Å². The first kappa shape index (κ1) is 25.1. The Balaban J connectivity index is 1.59. The summed E-state index contributed by atoms with van der Waals surface area (Å²) < 4.78 is 32.9. The van der Waals surface area contributed by atoms with Gasteiger partial charge in [0.1, 0.15) is 15.3 Å². The highest BCUT2D eigenvalue weighted by Gasteiger charge is 2.39. The molecule has 0 aromatic carbocycles. The van der Waals surface area contributed by atoms with E-state index in [9.17, 15) is 22.8 Å². The molecule has 9 nitrogen and oxygen atoms in total. The van der Waals surface area contributed by atoms with Crippen LogP contribution in [0.5, 0.6) is 0 Å². The van der Waals surface area contributed by atoms with Crippen LogP contribution in [-0.2, 0) is 32.4 Å². The monoisotopic (exact) mass is 545 g/mol. The lowest BCUT2D eigenvalue weighted by Gasteiger charge is -2.33. The second-order valence-corrected chi connectivity index (χ2v) is 12.8. The summed E-state index contributed by atoms with van der Waals surface area (Å²) in [5.41, 5.74) is 1.05. The van der Waals surface area contributed by atoms with E-state index in [0.717, 1.165) is 34.6 Å². The predicted octanol–water partition coefficient (Wildman–Crippen LogP) is 4.02. The first-order valence-corrected chi connectivity index (χ1v) is 14.4. The van der Waals surface area contributed by atoms with Gasteiger partial charge in [0.15, 0.2) is 0 Å². The van der Waals surface area contributed by atoms with E-state index in [1.807, 2.05) is 0 Å². The van der Waals surface area contributed by atoms with Gasteiger partial charge in [-0.1, -0.05) is 18.0 Å². The van der Waals surface area contributed by atoms with Crippen LogP contribution in [0.4, 0.5) is 9.80 Å². The number of nitrogens with zero attached hydrogens (tertiary/aromatic N) is 1. The maximum atomic E-state index is 13.3. The zero-order valence-corrected chi connectivity index (χ0v) is 21.6. The van der Waals surface area contributed by atoms with Crippen molar-refractivity contribution in [1.29, 1.82) is 0 Å². The minimum atomic E-state index is -3.90. The second-order valence-electron chi connectivity index (χ2n) is 7.91. The Labute approximate surface area is 210 Å². The van der Waals surface area contributed by atoms with E-state index in [2.05, 4.69) is 10.6 Å². The van der Waals surface area contributed by atoms with Gasteiger partial charge in [-0.25, -0.2) is 13.2 Å². The Bertz CT molecular complexity index is 1220. The number of nitrogens with one attached hydrogen (secondary N) is 2. The normalized spacial score (nSPS) is 18.4. The highest BCUT2D eigenvalue weighted by molar-refractivity contribution is 7.91. The van der Waals surface area contributed by atoms with Crippen LogP contribution in [0, 0.1) is 0 Å². The van der Waals surface area contributed by atoms with E-state index in [-0.39, 0.29) is 22.9 Å². The number of rotatable bonds is 6. The first-order chi connectivity index (χ1) is 16.2. The number of carbonyl (C=O) groups excluding carboxylic acids is 3. The van der Waals surface area contributed by atoms with Crippen molar-refractivity contribution in [2.75, 3.05) is 18.5 Å². The van der Waals surface area contributed by atoms with E-state index in [0.29, 0.717) is 35.0 Å². The van der Waals surface area contributed by atoms with E-state index < -0.39 is 34.0 Å². The summed E-state index contributed by atoms with van der Waals surface area (Å²) in [6, 6.07) is 2.03. The van der Waals surface area contributed by atoms with Crippen LogP contribution >= 0.6 is 34.3 Å². The van der Waals surface area contributed by atoms with Gasteiger partial charge in [-0.2, -0.15) is 4.31 Å². The van der Waals surface area contributed by atoms with Gasteiger partial charge in [0, 0.05) is 11.4 Å². The van der Waals surface area contributed by atoms with Crippen molar-refractivity contribution < 1.29 is 27.5 Å². The molecular formula is C21H24ClN3O6S3. The van der Waals surface area contributed by atoms with Crippen LogP contribution in [0.3, 0.4) is 0 Å². The lowest BCUT2D eigenvalue weighted by Crippen LogP contribution is -2.49. The molecule has 1 atom stereocenters. The fraction of sp³-hybridized carbons (Fsp3) is 0.476. The third-order valence-corrected chi connectivity index (χ3v) is 10.6. The van der Waals surface area contributed by atoms with E-state index in [1.54, 1.807) is 6.92 Å². The summed E-state index contributed by atoms with van der Waals surface area (Å²) in [6.07, 6.45) is 3.17. The van der Waals surface area contributed by atoms with Gasteiger partial charge in [-0.15, -0.1) is 22.7 Å². The molecule has 0 saturated carbocycles. The van der Waals surface area contributed by atoms with Crippen LogP contribution in [0.2, 0.25) is 4.34 Å². The van der Waals surface area contributed by atoms with Crippen LogP contribution in [0.25, 0.3) is 0 Å². The standard InChI is InChI=1S/C21H24ClN3O6S3/c1-2-31-21(28)24-19(27)17-12-6-5-8-14(12)32-20(17)23-18(26)13-7-3-4-11-25(13)34(29,30)16-10-9-15(22)33-16/h9-10,13H,2-8,11H2,1H3,(H,23,26)(H,24,27,28). The molecule has 13 heteroatoms. The summed E-state index contributed by atoms with van der Waals surface area (Å²) in [7, 11) is -3.90. The average Bonchev–Trinajstić information content (AvgIpc) is 3.50. The third-order valence-electron chi connectivity index (χ3n) is 5.74. The molecule has 1 fully saturated rings. The lowest BCUT2D eigenvalue weighted by molar-refractivity contribution is -0.120. The van der Waals surface area contributed by atoms with Crippen molar-refractivity contribution in [3.05, 3.63) is 32.5 Å². The smallest absolute Gasteiger partial charge is 0.414 e. The molecule has 0 radical (unpaired) electrons. The number of imide groups is 1. The van der Waals surface area contributed by atoms with Crippen LogP contribution < -0.4 is 10.6 Å². The van der Waals surface area contributed by atoms with E-state index in [1.165, 1.54) is 27.8 Å². The largest absolute Gasteiger partial charge is 0.450 e. The minimum Gasteiger partial charge on any atom is -0.450 e. The van der Waals surface area contributed by atoms with E-state index in [4.69, 9.17) is 16.3 Å². The molecule has 2 N–H and O–H groups in total. The zero-order valence-electron chi connectivity index (χ0n) is 18.4. The van der Waals surface area contributed by atoms with Crippen molar-refractivity contribution in [2.24, 2.45) is 0 Å². The molecule has 1 aliphatic heterocycles. The fourth-order valence-corrected chi connectivity index (χ4v) is 8.81. The number of sulfonamides is 1. The predicted molar refractivity (Wildman–Crippen MR) is 130 cm³/mol. The number of amides is 3. The zero-order chi connectivity index (χ0) is 24.5. The number of hydrogen-bond donors (Lipinski definition) is 2. The molecule has 184 valence electrons. The van der Waals surface area contributed by atoms with Crippen LogP contribution in [0.1, 0.15) is 53.4 Å². The second kappa shape index (κ2) is 10.3. The van der Waals surface area contributed by atoms with Gasteiger partial charge in [-0.3, -0.25) is 14.9 Å². The molecule has 2 aromatic heterocycles. The van der Waals surface area contributed by atoms with Gasteiger partial charge < -0.3 is 10.1 Å². The number of piperidine rings is 1. The Morgan fingerprint density at radius 1 is 1.18 bits per heavy atom. The molecule has 34 heavy (non-hydrogen) atoms. The molecule has 4 rings (SSSR count). The maximum Gasteiger partial charge on any atom is 0.414 e. The first-order valence-electron chi connectivity index (χ1n) is 10.9. The van der Waals surface area contributed by atoms with Crippen molar-refractivity contribution >= 4 is 67.2 Å². The number of aryl methyl sites for hydroxylation is 1. The quantitative estimate of drug-likeness (QED) is 0.565. The molecule has 1 unspecified atom stereocenters. The number of carbonyl (C=O) groups is 3. The Kier molecular flexibility index (Phi) is 7.63. The van der Waals surface area contributed by atoms with E-state index >= 15 is 0 Å². The highest BCUT2D eigenvalue weighted by Crippen LogP contribution is 2.40. The SMILES string of the molecule is CCOC(=O)NC(=O)c1c(NC(=O)C2CCCCN2S(=O)(=O)c2ccc(Cl)s2)sc2c1CCC2. The molecule has 0 spiro atoms. The summed E-state index contributed by atoms with van der Waals surface area (Å²) in [5.74, 6) is -1.15. The number of fused-ring (bicyclic) bond motifs is 1. The molecule has 3 amide bonds. The average molecular weight is 546 g/mol. The van der Waals surface area contributed by atoms with Gasteiger partial charge in [0.05, 0.1) is 16.5 Å². The number of ether oxygens (including phenoxy) is 1. The summed E-state index contributed by atoms with van der Waals surface area (Å²) in [5, 5.41) is 5.31. The van der Waals surface area contributed by atoms with Crippen molar-refractivity contribution in [1.82, 2.24) is 9.62 Å². The van der Waals surface area contributed by atoms with Crippen molar-refractivity contribution in [3.8, 4) is 0 Å². The fourth-order valence-electron chi connectivity index (χ4n) is 4.26. The van der Waals surface area contributed by atoms with Crippen LogP contribution in [0.15, 0.2) is 16.3 Å². The molecular weight excluding hydrogens is 522 g/mol. The molecule has 3 heterocycles. The molecule has 0 bridgehead atoms. The molecule has 1 saturated heterocycles. The number of halogens is 1. The van der Waals surface area contributed by atoms with Gasteiger partial charge in [0.2, 0.25) is 5.91 Å². The van der Waals surface area contributed by atoms with Gasteiger partial charge >= 0.3 is 6.09 Å². The maximum absolute atomic E-state index is 13.3. The van der Waals surface area contributed by atoms with Gasteiger partial charge in [0.25, 0.3) is 15.9 Å². The Hall–Kier alpha value is -1.99. The third kappa shape index (κ3) is 5.01. The van der Waals surface area contributed by atoms with Crippen molar-refractivity contribution in [3.63, 3.8) is 0 Å². The Morgan fingerprint density at radius 2 is 1.97 bits per heavy atom. The van der Waals surface area contributed by atoms with Gasteiger partial charge in [-0.05, 0) is 56.7 Å². The Morgan fingerprint density at radius 3 is 2.68 bits per heavy atom.